The lowest BCUT2D eigenvalue weighted by Gasteiger charge is -2.26. The van der Waals surface area contributed by atoms with Crippen LogP contribution in [0.2, 0.25) is 5.02 Å². The number of nitrogens with one attached hydrogen (secondary N) is 1. The van der Waals surface area contributed by atoms with Crippen LogP contribution >= 0.6 is 11.6 Å². The van der Waals surface area contributed by atoms with E-state index >= 15 is 0 Å². The maximum Gasteiger partial charge on any atom is 0.330 e. The van der Waals surface area contributed by atoms with Crippen molar-refractivity contribution >= 4 is 29.0 Å². The number of benzene rings is 1. The van der Waals surface area contributed by atoms with Crippen LogP contribution in [0.3, 0.4) is 0 Å². The van der Waals surface area contributed by atoms with Gasteiger partial charge in [0, 0.05) is 18.1 Å². The monoisotopic (exact) mass is 422 g/mol. The minimum Gasteiger partial charge on any atom is -0.484 e. The number of halogens is 1. The van der Waals surface area contributed by atoms with E-state index < -0.39 is 17.2 Å². The van der Waals surface area contributed by atoms with Gasteiger partial charge in [0.05, 0.1) is 0 Å². The van der Waals surface area contributed by atoms with Gasteiger partial charge in [0.25, 0.3) is 11.5 Å². The van der Waals surface area contributed by atoms with Crippen molar-refractivity contribution in [3.8, 4) is 5.75 Å². The van der Waals surface area contributed by atoms with Gasteiger partial charge in [-0.15, -0.1) is 0 Å². The smallest absolute Gasteiger partial charge is 0.330 e. The molecular weight excluding hydrogens is 396 g/mol. The van der Waals surface area contributed by atoms with E-state index in [4.69, 9.17) is 22.1 Å². The van der Waals surface area contributed by atoms with Crippen LogP contribution in [0, 0.1) is 5.92 Å². The first-order valence-electron chi connectivity index (χ1n) is 9.55. The number of hydrogen-bond donors (Lipinski definition) is 2. The highest BCUT2D eigenvalue weighted by Crippen LogP contribution is 2.20. The van der Waals surface area contributed by atoms with Crippen LogP contribution in [0.1, 0.15) is 33.6 Å². The molecule has 0 spiro atoms. The first kappa shape index (κ1) is 22.5. The average molecular weight is 423 g/mol. The van der Waals surface area contributed by atoms with Crippen LogP contribution in [0.5, 0.6) is 5.75 Å². The molecule has 29 heavy (non-hydrogen) atoms. The number of nitrogen functional groups attached to an aromatic ring is 1. The molecule has 158 valence electrons. The number of aromatic amines is 1. The van der Waals surface area contributed by atoms with E-state index in [1.165, 1.54) is 9.47 Å². The van der Waals surface area contributed by atoms with Crippen molar-refractivity contribution in [3.05, 3.63) is 50.1 Å². The molecule has 0 saturated heterocycles. The third-order valence-electron chi connectivity index (χ3n) is 4.23. The molecular formula is C20H27ClN4O4. The van der Waals surface area contributed by atoms with Gasteiger partial charge in [-0.25, -0.2) is 4.79 Å². The largest absolute Gasteiger partial charge is 0.484 e. The minimum absolute atomic E-state index is 0.0241. The van der Waals surface area contributed by atoms with Crippen LogP contribution in [0.25, 0.3) is 0 Å². The molecule has 2 aromatic rings. The van der Waals surface area contributed by atoms with Gasteiger partial charge in [-0.1, -0.05) is 44.9 Å². The Balaban J connectivity index is 2.37. The number of hydrogen-bond acceptors (Lipinski definition) is 5. The van der Waals surface area contributed by atoms with Crippen LogP contribution in [-0.2, 0) is 11.3 Å². The number of unbranched alkanes of at least 4 members (excludes halogenated alkanes) is 1. The Labute approximate surface area is 174 Å². The molecule has 1 heterocycles. The van der Waals surface area contributed by atoms with Crippen molar-refractivity contribution in [2.45, 2.75) is 40.2 Å². The molecule has 0 unspecified atom stereocenters. The number of amides is 1. The van der Waals surface area contributed by atoms with Gasteiger partial charge in [0.1, 0.15) is 11.6 Å². The van der Waals surface area contributed by atoms with Gasteiger partial charge in [0.15, 0.2) is 12.3 Å². The first-order valence-corrected chi connectivity index (χ1v) is 9.93. The SMILES string of the molecule is CCCCn1c(N)c(N(CC(C)C)C(=O)COc2cccc(Cl)c2)c(=O)[nH]c1=O. The van der Waals surface area contributed by atoms with Gasteiger partial charge < -0.3 is 15.4 Å². The second kappa shape index (κ2) is 10.2. The maximum absolute atomic E-state index is 12.9. The van der Waals surface area contributed by atoms with Crippen molar-refractivity contribution < 1.29 is 9.53 Å². The molecule has 0 aliphatic carbocycles. The van der Waals surface area contributed by atoms with Crippen LogP contribution < -0.4 is 26.6 Å². The summed E-state index contributed by atoms with van der Waals surface area (Å²) in [6.45, 7) is 6.10. The molecule has 1 aromatic heterocycles. The Hall–Kier alpha value is -2.74. The van der Waals surface area contributed by atoms with Gasteiger partial charge in [0.2, 0.25) is 0 Å². The van der Waals surface area contributed by atoms with Gasteiger partial charge in [-0.3, -0.25) is 19.1 Å². The van der Waals surface area contributed by atoms with E-state index in [9.17, 15) is 14.4 Å². The number of carbonyl (C=O) groups is 1. The molecule has 9 heteroatoms. The van der Waals surface area contributed by atoms with Crippen molar-refractivity contribution in [3.63, 3.8) is 0 Å². The number of aromatic nitrogens is 2. The third-order valence-corrected chi connectivity index (χ3v) is 4.46. The molecule has 0 fully saturated rings. The summed E-state index contributed by atoms with van der Waals surface area (Å²) in [4.78, 5) is 41.2. The number of anilines is 2. The zero-order valence-electron chi connectivity index (χ0n) is 16.9. The second-order valence-corrected chi connectivity index (χ2v) is 7.58. The molecule has 0 atom stereocenters. The van der Waals surface area contributed by atoms with Crippen LogP contribution in [0.15, 0.2) is 33.9 Å². The molecule has 0 aliphatic rings. The molecule has 2 rings (SSSR count). The molecule has 0 aliphatic heterocycles. The molecule has 0 saturated carbocycles. The van der Waals surface area contributed by atoms with Gasteiger partial charge in [-0.2, -0.15) is 0 Å². The fraction of sp³-hybridized carbons (Fsp3) is 0.450. The molecule has 0 radical (unpaired) electrons. The predicted molar refractivity (Wildman–Crippen MR) is 115 cm³/mol. The van der Waals surface area contributed by atoms with Crippen molar-refractivity contribution in [2.24, 2.45) is 5.92 Å². The van der Waals surface area contributed by atoms with E-state index in [-0.39, 0.29) is 30.6 Å². The lowest BCUT2D eigenvalue weighted by atomic mass is 10.2. The Kier molecular flexibility index (Phi) is 7.90. The molecule has 8 nitrogen and oxygen atoms in total. The molecule has 1 amide bonds. The van der Waals surface area contributed by atoms with Gasteiger partial charge in [-0.05, 0) is 30.5 Å². The lowest BCUT2D eigenvalue weighted by molar-refractivity contribution is -0.120. The predicted octanol–water partition coefficient (Wildman–Crippen LogP) is 2.64. The maximum atomic E-state index is 12.9. The quantitative estimate of drug-likeness (QED) is 0.645. The number of nitrogens with zero attached hydrogens (tertiary/aromatic N) is 2. The average Bonchev–Trinajstić information content (AvgIpc) is 2.64. The van der Waals surface area contributed by atoms with E-state index in [0.717, 1.165) is 6.42 Å². The summed E-state index contributed by atoms with van der Waals surface area (Å²) < 4.78 is 6.82. The normalized spacial score (nSPS) is 10.9. The van der Waals surface area contributed by atoms with E-state index in [2.05, 4.69) is 4.98 Å². The second-order valence-electron chi connectivity index (χ2n) is 7.14. The number of rotatable bonds is 9. The first-order chi connectivity index (χ1) is 13.7. The Morgan fingerprint density at radius 3 is 2.69 bits per heavy atom. The summed E-state index contributed by atoms with van der Waals surface area (Å²) in [5.41, 5.74) is 4.84. The minimum atomic E-state index is -0.697. The molecule has 0 bridgehead atoms. The standard InChI is InChI=1S/C20H27ClN4O4/c1-4-5-9-24-18(22)17(19(27)23-20(24)28)25(11-13(2)3)16(26)12-29-15-8-6-7-14(21)10-15/h6-8,10,13H,4-5,9,11-12,22H2,1-3H3,(H,23,27,28). The lowest BCUT2D eigenvalue weighted by Crippen LogP contribution is -2.44. The fourth-order valence-corrected chi connectivity index (χ4v) is 3.02. The summed E-state index contributed by atoms with van der Waals surface area (Å²) in [5.74, 6) is 0.0191. The van der Waals surface area contributed by atoms with Crippen molar-refractivity contribution in [1.29, 1.82) is 0 Å². The van der Waals surface area contributed by atoms with E-state index in [1.807, 2.05) is 20.8 Å². The summed E-state index contributed by atoms with van der Waals surface area (Å²) >= 11 is 5.93. The Morgan fingerprint density at radius 1 is 1.34 bits per heavy atom. The highest BCUT2D eigenvalue weighted by atomic mass is 35.5. The third kappa shape index (κ3) is 5.87. The zero-order valence-corrected chi connectivity index (χ0v) is 17.7. The molecule has 3 N–H and O–H groups in total. The number of ether oxygens (including phenoxy) is 1. The fourth-order valence-electron chi connectivity index (χ4n) is 2.84. The van der Waals surface area contributed by atoms with Crippen LogP contribution in [0.4, 0.5) is 11.5 Å². The Morgan fingerprint density at radius 2 is 2.07 bits per heavy atom. The summed E-state index contributed by atoms with van der Waals surface area (Å²) in [6.07, 6.45) is 1.56. The van der Waals surface area contributed by atoms with Crippen molar-refractivity contribution in [1.82, 2.24) is 9.55 Å². The van der Waals surface area contributed by atoms with E-state index in [0.29, 0.717) is 23.7 Å². The highest BCUT2D eigenvalue weighted by Gasteiger charge is 2.25. The summed E-state index contributed by atoms with van der Waals surface area (Å²) in [6, 6.07) is 6.67. The van der Waals surface area contributed by atoms with E-state index in [1.54, 1.807) is 24.3 Å². The number of nitrogens with two attached hydrogens (primary N) is 1. The highest BCUT2D eigenvalue weighted by molar-refractivity contribution is 6.30. The number of H-pyrrole nitrogens is 1. The summed E-state index contributed by atoms with van der Waals surface area (Å²) in [7, 11) is 0. The van der Waals surface area contributed by atoms with Gasteiger partial charge >= 0.3 is 5.69 Å². The zero-order chi connectivity index (χ0) is 21.6. The molecule has 1 aromatic carbocycles. The summed E-state index contributed by atoms with van der Waals surface area (Å²) in [5, 5.41) is 0.484. The Bertz CT molecular complexity index is 968. The number of carbonyl (C=O) groups excluding carboxylic acids is 1. The topological polar surface area (TPSA) is 110 Å². The van der Waals surface area contributed by atoms with Crippen LogP contribution in [-0.4, -0.2) is 28.6 Å². The van der Waals surface area contributed by atoms with Crippen molar-refractivity contribution in [2.75, 3.05) is 23.8 Å².